The monoisotopic (exact) mass is 222 g/mol. The molecule has 0 saturated heterocycles. The molecule has 0 amide bonds. The summed E-state index contributed by atoms with van der Waals surface area (Å²) < 4.78 is 1.03. The van der Waals surface area contributed by atoms with E-state index in [1.54, 1.807) is 24.3 Å². The summed E-state index contributed by atoms with van der Waals surface area (Å²) in [4.78, 5) is 11.5. The van der Waals surface area contributed by atoms with Crippen LogP contribution in [0.2, 0.25) is 5.15 Å². The molecule has 0 aliphatic rings. The number of hydrogen-bond acceptors (Lipinski definition) is 2. The van der Waals surface area contributed by atoms with Gasteiger partial charge >= 0.3 is 5.69 Å². The van der Waals surface area contributed by atoms with Crippen molar-refractivity contribution in [3.05, 3.63) is 58.0 Å². The summed E-state index contributed by atoms with van der Waals surface area (Å²) in [5.74, 6) is 0. The molecule has 0 unspecified atom stereocenters. The minimum Gasteiger partial charge on any atom is -0.805 e. The number of halogens is 1. The molecule has 0 N–H and O–H groups in total. The molecule has 0 radical (unpaired) electrons. The van der Waals surface area contributed by atoms with E-state index >= 15 is 0 Å². The topological polar surface area (TPSA) is 51.0 Å². The first-order chi connectivity index (χ1) is 7.20. The van der Waals surface area contributed by atoms with Gasteiger partial charge in [0.2, 0.25) is 6.20 Å². The van der Waals surface area contributed by atoms with Crippen molar-refractivity contribution < 1.29 is 4.43 Å². The van der Waals surface area contributed by atoms with Gasteiger partial charge in [0.25, 0.3) is 0 Å². The average Bonchev–Trinajstić information content (AvgIpc) is 2.26. The van der Waals surface area contributed by atoms with E-state index in [0.717, 1.165) is 12.4 Å². The van der Waals surface area contributed by atoms with Crippen molar-refractivity contribution in [3.63, 3.8) is 0 Å². The zero-order valence-corrected chi connectivity index (χ0v) is 8.39. The van der Waals surface area contributed by atoms with Crippen molar-refractivity contribution >= 4 is 11.6 Å². The van der Waals surface area contributed by atoms with Crippen molar-refractivity contribution in [1.29, 1.82) is 0 Å². The number of aromatic nitrogens is 2. The molecule has 5 heteroatoms. The molecule has 0 saturated carbocycles. The fourth-order valence-corrected chi connectivity index (χ4v) is 1.55. The average molecular weight is 223 g/mol. The molecule has 0 atom stereocenters. The molecule has 2 aromatic rings. The van der Waals surface area contributed by atoms with E-state index in [0.29, 0.717) is 14.7 Å². The van der Waals surface area contributed by atoms with Gasteiger partial charge in [-0.3, -0.25) is 0 Å². The SMILES string of the molecule is O=[n+]1ccn([O-])c(Cl)c1-c1ccccc1. The summed E-state index contributed by atoms with van der Waals surface area (Å²) in [6, 6.07) is 8.80. The van der Waals surface area contributed by atoms with E-state index in [1.807, 2.05) is 6.07 Å². The van der Waals surface area contributed by atoms with Gasteiger partial charge in [-0.15, -0.1) is 0 Å². The molecule has 1 aromatic carbocycles. The highest BCUT2D eigenvalue weighted by atomic mass is 35.5. The lowest BCUT2D eigenvalue weighted by Crippen LogP contribution is -2.19. The Bertz CT molecular complexity index is 537. The Balaban J connectivity index is 2.73. The maximum atomic E-state index is 11.5. The maximum absolute atomic E-state index is 11.5. The van der Waals surface area contributed by atoms with Crippen LogP contribution in [0.1, 0.15) is 0 Å². The summed E-state index contributed by atoms with van der Waals surface area (Å²) in [5, 5.41) is 11.1. The van der Waals surface area contributed by atoms with Crippen molar-refractivity contribution in [2.24, 2.45) is 0 Å². The van der Waals surface area contributed by atoms with Crippen molar-refractivity contribution in [1.82, 2.24) is 4.73 Å². The Hall–Kier alpha value is -1.81. The normalized spacial score (nSPS) is 10.2. The van der Waals surface area contributed by atoms with E-state index in [2.05, 4.69) is 0 Å². The quantitative estimate of drug-likeness (QED) is 0.694. The van der Waals surface area contributed by atoms with Crippen LogP contribution in [0.5, 0.6) is 0 Å². The van der Waals surface area contributed by atoms with Gasteiger partial charge in [0.15, 0.2) is 5.15 Å². The van der Waals surface area contributed by atoms with Gasteiger partial charge in [-0.25, -0.2) is 0 Å². The third-order valence-corrected chi connectivity index (χ3v) is 2.34. The summed E-state index contributed by atoms with van der Waals surface area (Å²) in [6.07, 6.45) is 2.20. The molecular formula is C10H7ClN2O2. The van der Waals surface area contributed by atoms with Gasteiger partial charge in [0, 0.05) is 4.91 Å². The fourth-order valence-electron chi connectivity index (χ4n) is 1.30. The Morgan fingerprint density at radius 1 is 1.27 bits per heavy atom. The van der Waals surface area contributed by atoms with E-state index in [-0.39, 0.29) is 10.8 Å². The van der Waals surface area contributed by atoms with Crippen LogP contribution in [0, 0.1) is 10.1 Å². The minimum absolute atomic E-state index is 0.126. The van der Waals surface area contributed by atoms with E-state index in [4.69, 9.17) is 11.6 Å². The fraction of sp³-hybridized carbons (Fsp3) is 0. The summed E-state index contributed by atoms with van der Waals surface area (Å²) in [7, 11) is 0. The lowest BCUT2D eigenvalue weighted by atomic mass is 10.2. The van der Waals surface area contributed by atoms with Crippen LogP contribution >= 0.6 is 11.6 Å². The highest BCUT2D eigenvalue weighted by Crippen LogP contribution is 2.22. The molecule has 1 heterocycles. The Kier molecular flexibility index (Phi) is 2.43. The third kappa shape index (κ3) is 1.71. The van der Waals surface area contributed by atoms with Crippen LogP contribution in [0.4, 0.5) is 0 Å². The van der Waals surface area contributed by atoms with E-state index in [9.17, 15) is 10.1 Å². The predicted octanol–water partition coefficient (Wildman–Crippen LogP) is 2.07. The van der Waals surface area contributed by atoms with Gasteiger partial charge in [-0.05, 0) is 12.1 Å². The van der Waals surface area contributed by atoms with Crippen LogP contribution in [-0.4, -0.2) is 4.73 Å². The second-order valence-corrected chi connectivity index (χ2v) is 3.31. The van der Waals surface area contributed by atoms with Crippen LogP contribution in [-0.2, 0) is 0 Å². The van der Waals surface area contributed by atoms with Gasteiger partial charge in [-0.1, -0.05) is 29.8 Å². The first kappa shape index (κ1) is 9.73. The molecule has 76 valence electrons. The van der Waals surface area contributed by atoms with Crippen LogP contribution in [0.15, 0.2) is 42.7 Å². The standard InChI is InChI=1S/C10H7ClN2O2/c11-10-9(8-4-2-1-3-5-8)12(14)6-7-13(10)15/h1-7H. The van der Waals surface area contributed by atoms with Crippen molar-refractivity contribution in [3.8, 4) is 11.3 Å². The number of rotatable bonds is 1. The summed E-state index contributed by atoms with van der Waals surface area (Å²) in [5.41, 5.74) is 0.775. The van der Waals surface area contributed by atoms with Crippen LogP contribution in [0.25, 0.3) is 11.3 Å². The lowest BCUT2D eigenvalue weighted by molar-refractivity contribution is -0.482. The van der Waals surface area contributed by atoms with Gasteiger partial charge in [0.1, 0.15) is 0 Å². The molecule has 2 rings (SSSR count). The molecule has 4 nitrogen and oxygen atoms in total. The first-order valence-corrected chi connectivity index (χ1v) is 4.64. The molecule has 0 aliphatic heterocycles. The predicted molar refractivity (Wildman–Crippen MR) is 57.0 cm³/mol. The molecule has 0 bridgehead atoms. The molecule has 15 heavy (non-hydrogen) atoms. The van der Waals surface area contributed by atoms with Crippen molar-refractivity contribution in [2.45, 2.75) is 0 Å². The highest BCUT2D eigenvalue weighted by molar-refractivity contribution is 6.31. The Labute approximate surface area is 90.5 Å². The van der Waals surface area contributed by atoms with Gasteiger partial charge in [0.05, 0.1) is 16.2 Å². The van der Waals surface area contributed by atoms with E-state index < -0.39 is 0 Å². The largest absolute Gasteiger partial charge is 0.805 e. The number of hydrogen-bond donors (Lipinski definition) is 0. The van der Waals surface area contributed by atoms with Crippen molar-refractivity contribution in [2.75, 3.05) is 0 Å². The smallest absolute Gasteiger partial charge is 0.304 e. The van der Waals surface area contributed by atoms with Crippen LogP contribution in [0.3, 0.4) is 0 Å². The zero-order chi connectivity index (χ0) is 10.8. The third-order valence-electron chi connectivity index (χ3n) is 1.99. The molecule has 1 aromatic heterocycles. The first-order valence-electron chi connectivity index (χ1n) is 4.26. The molecule has 0 spiro atoms. The van der Waals surface area contributed by atoms with E-state index in [1.165, 1.54) is 0 Å². The van der Waals surface area contributed by atoms with Gasteiger partial charge in [-0.2, -0.15) is 0 Å². The second kappa shape index (κ2) is 3.74. The van der Waals surface area contributed by atoms with Gasteiger partial charge < -0.3 is 9.94 Å². The maximum Gasteiger partial charge on any atom is 0.304 e. The molecular weight excluding hydrogens is 216 g/mol. The molecule has 0 aliphatic carbocycles. The minimum atomic E-state index is -0.126. The number of benzene rings is 1. The zero-order valence-electron chi connectivity index (χ0n) is 7.63. The second-order valence-electron chi connectivity index (χ2n) is 2.96. The number of nitrogens with zero attached hydrogens (tertiary/aromatic N) is 2. The molecule has 0 fully saturated rings. The van der Waals surface area contributed by atoms with Crippen LogP contribution < -0.4 is 4.43 Å². The Morgan fingerprint density at radius 2 is 1.93 bits per heavy atom. The highest BCUT2D eigenvalue weighted by Gasteiger charge is 2.16. The Morgan fingerprint density at radius 3 is 2.60 bits per heavy atom. The lowest BCUT2D eigenvalue weighted by Gasteiger charge is -2.10. The summed E-state index contributed by atoms with van der Waals surface area (Å²) in [6.45, 7) is 0. The summed E-state index contributed by atoms with van der Waals surface area (Å²) >= 11 is 5.76.